The molecule has 78 valence electrons. The van der Waals surface area contributed by atoms with Gasteiger partial charge in [0.05, 0.1) is 18.9 Å². The first-order valence-corrected chi connectivity index (χ1v) is 5.04. The van der Waals surface area contributed by atoms with Crippen LogP contribution in [0.1, 0.15) is 0 Å². The third-order valence-electron chi connectivity index (χ3n) is 2.03. The van der Waals surface area contributed by atoms with Crippen LogP contribution < -0.4 is 4.74 Å². The van der Waals surface area contributed by atoms with Crippen molar-refractivity contribution < 1.29 is 9.13 Å². The second kappa shape index (κ2) is 4.02. The number of ether oxygens (including phenoxy) is 1. The highest BCUT2D eigenvalue weighted by Crippen LogP contribution is 2.34. The van der Waals surface area contributed by atoms with Crippen molar-refractivity contribution in [3.05, 3.63) is 34.8 Å². The maximum absolute atomic E-state index is 13.7. The van der Waals surface area contributed by atoms with Crippen LogP contribution in [0.25, 0.3) is 11.1 Å². The molecule has 1 heterocycles. The largest absolute Gasteiger partial charge is 0.496 e. The number of nitrogens with zero attached hydrogens (tertiary/aromatic N) is 1. The lowest BCUT2D eigenvalue weighted by Gasteiger charge is -2.08. The lowest BCUT2D eigenvalue weighted by Crippen LogP contribution is -1.91. The van der Waals surface area contributed by atoms with E-state index in [9.17, 15) is 4.39 Å². The number of H-pyrrole nitrogens is 1. The number of rotatable bonds is 2. The van der Waals surface area contributed by atoms with Gasteiger partial charge in [-0.3, -0.25) is 5.10 Å². The molecule has 0 saturated heterocycles. The number of methoxy groups -OCH3 is 1. The van der Waals surface area contributed by atoms with Gasteiger partial charge in [0.15, 0.2) is 0 Å². The summed E-state index contributed by atoms with van der Waals surface area (Å²) in [6.07, 6.45) is 3.17. The summed E-state index contributed by atoms with van der Waals surface area (Å²) in [6.45, 7) is 0. The molecule has 2 rings (SSSR count). The van der Waals surface area contributed by atoms with E-state index in [1.54, 1.807) is 18.5 Å². The van der Waals surface area contributed by atoms with E-state index in [1.165, 1.54) is 13.2 Å². The third kappa shape index (κ3) is 1.87. The number of nitrogens with one attached hydrogen (secondary N) is 1. The molecule has 0 radical (unpaired) electrons. The molecule has 15 heavy (non-hydrogen) atoms. The molecule has 0 aliphatic carbocycles. The molecule has 0 unspecified atom stereocenters. The monoisotopic (exact) mass is 270 g/mol. The highest BCUT2D eigenvalue weighted by molar-refractivity contribution is 9.10. The van der Waals surface area contributed by atoms with Crippen molar-refractivity contribution in [2.45, 2.75) is 0 Å². The lowest BCUT2D eigenvalue weighted by molar-refractivity contribution is 0.413. The van der Waals surface area contributed by atoms with Gasteiger partial charge < -0.3 is 4.74 Å². The Labute approximate surface area is 94.4 Å². The predicted molar refractivity (Wildman–Crippen MR) is 58.2 cm³/mol. The molecule has 0 amide bonds. The molecular formula is C10H8BrFN2O. The van der Waals surface area contributed by atoms with Crippen LogP contribution in [0.3, 0.4) is 0 Å². The van der Waals surface area contributed by atoms with Crippen molar-refractivity contribution in [1.29, 1.82) is 0 Å². The minimum Gasteiger partial charge on any atom is -0.496 e. The van der Waals surface area contributed by atoms with Crippen molar-refractivity contribution in [2.24, 2.45) is 0 Å². The summed E-state index contributed by atoms with van der Waals surface area (Å²) in [6, 6.07) is 3.11. The summed E-state index contributed by atoms with van der Waals surface area (Å²) in [7, 11) is 1.50. The highest BCUT2D eigenvalue weighted by atomic mass is 79.9. The average molecular weight is 271 g/mol. The number of benzene rings is 1. The standard InChI is InChI=1S/C10H8BrFN2O/c1-15-9-3-7(11)2-8(12)10(9)6-4-13-14-5-6/h2-5H,1H3,(H,13,14). The molecule has 0 fully saturated rings. The molecule has 1 N–H and O–H groups in total. The SMILES string of the molecule is COc1cc(Br)cc(F)c1-c1cn[nH]c1. The van der Waals surface area contributed by atoms with E-state index in [1.807, 2.05) is 0 Å². The van der Waals surface area contributed by atoms with Gasteiger partial charge in [-0.2, -0.15) is 5.10 Å². The Balaban J connectivity index is 2.64. The smallest absolute Gasteiger partial charge is 0.135 e. The highest BCUT2D eigenvalue weighted by Gasteiger charge is 2.13. The molecule has 0 bridgehead atoms. The van der Waals surface area contributed by atoms with Gasteiger partial charge >= 0.3 is 0 Å². The van der Waals surface area contributed by atoms with E-state index in [0.29, 0.717) is 21.3 Å². The second-order valence-electron chi connectivity index (χ2n) is 2.95. The second-order valence-corrected chi connectivity index (χ2v) is 3.87. The topological polar surface area (TPSA) is 37.9 Å². The van der Waals surface area contributed by atoms with Crippen molar-refractivity contribution >= 4 is 15.9 Å². The minimum absolute atomic E-state index is 0.345. The summed E-state index contributed by atoms with van der Waals surface area (Å²) in [5, 5.41) is 6.42. The first-order valence-electron chi connectivity index (χ1n) is 4.24. The fourth-order valence-electron chi connectivity index (χ4n) is 1.38. The molecule has 2 aromatic rings. The molecule has 0 aliphatic heterocycles. The van der Waals surface area contributed by atoms with Crippen LogP contribution in [0, 0.1) is 5.82 Å². The van der Waals surface area contributed by atoms with Gasteiger partial charge in [0.1, 0.15) is 11.6 Å². The third-order valence-corrected chi connectivity index (χ3v) is 2.48. The summed E-state index contributed by atoms with van der Waals surface area (Å²) >= 11 is 3.21. The summed E-state index contributed by atoms with van der Waals surface area (Å²) in [5.74, 6) is 0.130. The first-order chi connectivity index (χ1) is 7.22. The zero-order valence-corrected chi connectivity index (χ0v) is 9.51. The van der Waals surface area contributed by atoms with Crippen molar-refractivity contribution in [1.82, 2.24) is 10.2 Å². The Bertz CT molecular complexity index is 471. The van der Waals surface area contributed by atoms with E-state index >= 15 is 0 Å². The molecular weight excluding hydrogens is 263 g/mol. The minimum atomic E-state index is -0.345. The van der Waals surface area contributed by atoms with Crippen LogP contribution in [0.4, 0.5) is 4.39 Å². The number of hydrogen-bond donors (Lipinski definition) is 1. The molecule has 0 aliphatic rings. The Hall–Kier alpha value is -1.36. The van der Waals surface area contributed by atoms with Crippen molar-refractivity contribution in [2.75, 3.05) is 7.11 Å². The maximum Gasteiger partial charge on any atom is 0.135 e. The Kier molecular flexibility index (Phi) is 2.73. The molecule has 5 heteroatoms. The summed E-state index contributed by atoms with van der Waals surface area (Å²) < 4.78 is 19.5. The predicted octanol–water partition coefficient (Wildman–Crippen LogP) is 2.99. The van der Waals surface area contributed by atoms with Gasteiger partial charge in [0.25, 0.3) is 0 Å². The van der Waals surface area contributed by atoms with E-state index < -0.39 is 0 Å². The first kappa shape index (κ1) is 10.2. The molecule has 1 aromatic carbocycles. The number of aromatic amines is 1. The fourth-order valence-corrected chi connectivity index (χ4v) is 1.79. The van der Waals surface area contributed by atoms with Crippen molar-refractivity contribution in [3.8, 4) is 16.9 Å². The van der Waals surface area contributed by atoms with Crippen LogP contribution in [-0.2, 0) is 0 Å². The zero-order valence-electron chi connectivity index (χ0n) is 7.92. The van der Waals surface area contributed by atoms with Crippen molar-refractivity contribution in [3.63, 3.8) is 0 Å². The average Bonchev–Trinajstić information content (AvgIpc) is 2.69. The van der Waals surface area contributed by atoms with E-state index in [2.05, 4.69) is 26.1 Å². The number of halogens is 2. The molecule has 0 atom stereocenters. The number of aromatic nitrogens is 2. The van der Waals surface area contributed by atoms with Gasteiger partial charge in [0.2, 0.25) is 0 Å². The van der Waals surface area contributed by atoms with Crippen LogP contribution in [-0.4, -0.2) is 17.3 Å². The fraction of sp³-hybridized carbons (Fsp3) is 0.100. The normalized spacial score (nSPS) is 10.3. The van der Waals surface area contributed by atoms with Gasteiger partial charge in [-0.05, 0) is 12.1 Å². The Morgan fingerprint density at radius 2 is 2.27 bits per heavy atom. The Morgan fingerprint density at radius 3 is 2.87 bits per heavy atom. The van der Waals surface area contributed by atoms with Crippen LogP contribution in [0.2, 0.25) is 0 Å². The maximum atomic E-state index is 13.7. The molecule has 0 spiro atoms. The summed E-state index contributed by atoms with van der Waals surface area (Å²) in [5.41, 5.74) is 1.08. The summed E-state index contributed by atoms with van der Waals surface area (Å²) in [4.78, 5) is 0. The van der Waals surface area contributed by atoms with Gasteiger partial charge in [-0.25, -0.2) is 4.39 Å². The quantitative estimate of drug-likeness (QED) is 0.911. The molecule has 0 saturated carbocycles. The van der Waals surface area contributed by atoms with Crippen LogP contribution >= 0.6 is 15.9 Å². The van der Waals surface area contributed by atoms with E-state index in [4.69, 9.17) is 4.74 Å². The Morgan fingerprint density at radius 1 is 1.47 bits per heavy atom. The van der Waals surface area contributed by atoms with Gasteiger partial charge in [-0.1, -0.05) is 15.9 Å². The van der Waals surface area contributed by atoms with Crippen LogP contribution in [0.15, 0.2) is 29.0 Å². The lowest BCUT2D eigenvalue weighted by atomic mass is 10.1. The zero-order chi connectivity index (χ0) is 10.8. The van der Waals surface area contributed by atoms with Crippen LogP contribution in [0.5, 0.6) is 5.75 Å². The van der Waals surface area contributed by atoms with E-state index in [-0.39, 0.29) is 5.82 Å². The molecule has 1 aromatic heterocycles. The molecule has 3 nitrogen and oxygen atoms in total. The number of hydrogen-bond acceptors (Lipinski definition) is 2. The van der Waals surface area contributed by atoms with E-state index in [0.717, 1.165) is 0 Å². The van der Waals surface area contributed by atoms with Gasteiger partial charge in [0, 0.05) is 16.2 Å². The van der Waals surface area contributed by atoms with Gasteiger partial charge in [-0.15, -0.1) is 0 Å².